The first-order valence-electron chi connectivity index (χ1n) is 8.41. The van der Waals surface area contributed by atoms with Crippen molar-refractivity contribution < 1.29 is 19.1 Å². The average molecular weight is 490 g/mol. The molecule has 1 heterocycles. The van der Waals surface area contributed by atoms with Crippen LogP contribution >= 0.6 is 31.9 Å². The van der Waals surface area contributed by atoms with Crippen LogP contribution in [-0.4, -0.2) is 24.7 Å². The summed E-state index contributed by atoms with van der Waals surface area (Å²) in [6.45, 7) is 7.76. The van der Waals surface area contributed by atoms with Gasteiger partial charge >= 0.3 is 12.0 Å². The first-order valence-corrected chi connectivity index (χ1v) is 10.00. The number of urea groups is 1. The number of hydrogen-bond donors (Lipinski definition) is 2. The topological polar surface area (TPSA) is 76.7 Å². The fourth-order valence-corrected chi connectivity index (χ4v) is 4.10. The number of benzene rings is 1. The van der Waals surface area contributed by atoms with Gasteiger partial charge in [0.05, 0.1) is 33.3 Å². The second kappa shape index (κ2) is 8.90. The molecule has 1 unspecified atom stereocenters. The quantitative estimate of drug-likeness (QED) is 0.573. The smallest absolute Gasteiger partial charge is 0.338 e. The molecule has 1 aliphatic rings. The van der Waals surface area contributed by atoms with Gasteiger partial charge in [0.25, 0.3) is 0 Å². The molecule has 2 N–H and O–H groups in total. The fraction of sp³-hybridized carbons (Fsp3) is 0.444. The van der Waals surface area contributed by atoms with Crippen LogP contribution in [0.3, 0.4) is 0 Å². The zero-order chi connectivity index (χ0) is 19.4. The predicted molar refractivity (Wildman–Crippen MR) is 106 cm³/mol. The van der Waals surface area contributed by atoms with Crippen molar-refractivity contribution in [2.24, 2.45) is 0 Å². The van der Waals surface area contributed by atoms with E-state index < -0.39 is 12.0 Å². The maximum atomic E-state index is 12.5. The van der Waals surface area contributed by atoms with Crippen molar-refractivity contribution in [3.8, 4) is 5.75 Å². The fourth-order valence-electron chi connectivity index (χ4n) is 2.69. The lowest BCUT2D eigenvalue weighted by atomic mass is 9.94. The van der Waals surface area contributed by atoms with Crippen molar-refractivity contribution >= 4 is 43.9 Å². The molecule has 0 spiro atoms. The summed E-state index contributed by atoms with van der Waals surface area (Å²) < 4.78 is 12.5. The summed E-state index contributed by atoms with van der Waals surface area (Å²) in [5, 5.41) is 5.51. The molecule has 0 fully saturated rings. The third-order valence-electron chi connectivity index (χ3n) is 3.71. The van der Waals surface area contributed by atoms with Crippen molar-refractivity contribution in [1.82, 2.24) is 10.6 Å². The molecule has 26 heavy (non-hydrogen) atoms. The van der Waals surface area contributed by atoms with E-state index in [2.05, 4.69) is 42.5 Å². The van der Waals surface area contributed by atoms with Crippen LogP contribution in [0, 0.1) is 0 Å². The van der Waals surface area contributed by atoms with Gasteiger partial charge in [0, 0.05) is 5.70 Å². The highest BCUT2D eigenvalue weighted by atomic mass is 79.9. The van der Waals surface area contributed by atoms with E-state index in [4.69, 9.17) is 9.47 Å². The SMILES string of the molecule is CCOC(=O)C1=C(CC)NC(=O)NC1c1cc(Br)c(OC(C)C)c(Br)c1. The number of carbonyl (C=O) groups excluding carboxylic acids is 2. The molecule has 1 atom stereocenters. The Hall–Kier alpha value is -1.54. The van der Waals surface area contributed by atoms with E-state index in [-0.39, 0.29) is 18.7 Å². The van der Waals surface area contributed by atoms with Crippen molar-refractivity contribution in [1.29, 1.82) is 0 Å². The monoisotopic (exact) mass is 488 g/mol. The van der Waals surface area contributed by atoms with Gasteiger partial charge in [-0.25, -0.2) is 9.59 Å². The van der Waals surface area contributed by atoms with Gasteiger partial charge in [-0.05, 0) is 76.7 Å². The number of amides is 2. The van der Waals surface area contributed by atoms with E-state index in [0.29, 0.717) is 23.4 Å². The van der Waals surface area contributed by atoms with Crippen molar-refractivity contribution in [2.45, 2.75) is 46.3 Å². The highest BCUT2D eigenvalue weighted by Gasteiger charge is 2.33. The molecule has 2 rings (SSSR count). The summed E-state index contributed by atoms with van der Waals surface area (Å²) in [5.41, 5.74) is 1.71. The Kier molecular flexibility index (Phi) is 7.11. The van der Waals surface area contributed by atoms with Gasteiger partial charge in [-0.1, -0.05) is 6.92 Å². The lowest BCUT2D eigenvalue weighted by Gasteiger charge is -2.29. The number of rotatable bonds is 6. The minimum absolute atomic E-state index is 0.00807. The van der Waals surface area contributed by atoms with Crippen LogP contribution < -0.4 is 15.4 Å². The van der Waals surface area contributed by atoms with Crippen LogP contribution in [0.1, 0.15) is 45.7 Å². The van der Waals surface area contributed by atoms with Gasteiger partial charge in [-0.2, -0.15) is 0 Å². The van der Waals surface area contributed by atoms with Crippen LogP contribution in [0.25, 0.3) is 0 Å². The van der Waals surface area contributed by atoms with Gasteiger partial charge in [-0.3, -0.25) is 0 Å². The third-order valence-corrected chi connectivity index (χ3v) is 4.89. The lowest BCUT2D eigenvalue weighted by Crippen LogP contribution is -2.45. The minimum atomic E-state index is -0.613. The first kappa shape index (κ1) is 20.8. The number of ether oxygens (including phenoxy) is 2. The number of esters is 1. The van der Waals surface area contributed by atoms with Crippen molar-refractivity contribution in [2.75, 3.05) is 6.61 Å². The molecule has 1 aromatic carbocycles. The highest BCUT2D eigenvalue weighted by Crippen LogP contribution is 2.39. The summed E-state index contributed by atoms with van der Waals surface area (Å²) in [6, 6.07) is 2.71. The Balaban J connectivity index is 2.53. The number of allylic oxidation sites excluding steroid dienone is 1. The molecule has 142 valence electrons. The van der Waals surface area contributed by atoms with E-state index in [1.165, 1.54) is 0 Å². The van der Waals surface area contributed by atoms with Crippen molar-refractivity contribution in [3.63, 3.8) is 0 Å². The molecular weight excluding hydrogens is 468 g/mol. The van der Waals surface area contributed by atoms with Crippen LogP contribution in [0.4, 0.5) is 4.79 Å². The van der Waals surface area contributed by atoms with Crippen LogP contribution in [0.15, 0.2) is 32.3 Å². The Morgan fingerprint density at radius 1 is 1.23 bits per heavy atom. The predicted octanol–water partition coefficient (Wildman–Crippen LogP) is 4.58. The van der Waals surface area contributed by atoms with Crippen LogP contribution in [0.5, 0.6) is 5.75 Å². The second-order valence-corrected chi connectivity index (χ2v) is 7.69. The normalized spacial score (nSPS) is 17.0. The molecule has 0 bridgehead atoms. The summed E-state index contributed by atoms with van der Waals surface area (Å²) in [5.74, 6) is 0.220. The minimum Gasteiger partial charge on any atom is -0.489 e. The van der Waals surface area contributed by atoms with Gasteiger partial charge < -0.3 is 20.1 Å². The van der Waals surface area contributed by atoms with Gasteiger partial charge in [0.1, 0.15) is 5.75 Å². The number of nitrogens with one attached hydrogen (secondary N) is 2. The molecule has 0 saturated carbocycles. The van der Waals surface area contributed by atoms with Gasteiger partial charge in [0.15, 0.2) is 0 Å². The van der Waals surface area contributed by atoms with E-state index >= 15 is 0 Å². The number of hydrogen-bond acceptors (Lipinski definition) is 4. The average Bonchev–Trinajstić information content (AvgIpc) is 2.56. The molecule has 6 nitrogen and oxygen atoms in total. The zero-order valence-electron chi connectivity index (χ0n) is 15.1. The number of carbonyl (C=O) groups is 2. The molecule has 1 aliphatic heterocycles. The summed E-state index contributed by atoms with van der Waals surface area (Å²) in [7, 11) is 0. The number of halogens is 2. The van der Waals surface area contributed by atoms with Crippen LogP contribution in [-0.2, 0) is 9.53 Å². The van der Waals surface area contributed by atoms with E-state index in [1.807, 2.05) is 32.9 Å². The zero-order valence-corrected chi connectivity index (χ0v) is 18.3. The summed E-state index contributed by atoms with van der Waals surface area (Å²) in [6.07, 6.45) is 0.517. The Bertz CT molecular complexity index is 724. The van der Waals surface area contributed by atoms with E-state index in [1.54, 1.807) is 6.92 Å². The molecule has 2 amide bonds. The summed E-state index contributed by atoms with van der Waals surface area (Å²) >= 11 is 7.03. The second-order valence-electron chi connectivity index (χ2n) is 5.98. The van der Waals surface area contributed by atoms with Crippen LogP contribution in [0.2, 0.25) is 0 Å². The first-order chi connectivity index (χ1) is 12.3. The van der Waals surface area contributed by atoms with Gasteiger partial charge in [0.2, 0.25) is 0 Å². The maximum absolute atomic E-state index is 12.5. The molecule has 8 heteroatoms. The molecular formula is C18H22Br2N2O4. The Morgan fingerprint density at radius 3 is 2.35 bits per heavy atom. The standard InChI is InChI=1S/C18H22Br2N2O4/c1-5-13-14(17(23)25-6-2)15(22-18(24)21-13)10-7-11(19)16(12(20)8-10)26-9(3)4/h7-9,15H,5-6H2,1-4H3,(H2,21,22,24). The summed E-state index contributed by atoms with van der Waals surface area (Å²) in [4.78, 5) is 24.6. The largest absolute Gasteiger partial charge is 0.489 e. The van der Waals surface area contributed by atoms with E-state index in [0.717, 1.165) is 14.5 Å². The maximum Gasteiger partial charge on any atom is 0.338 e. The molecule has 0 aliphatic carbocycles. The highest BCUT2D eigenvalue weighted by molar-refractivity contribution is 9.11. The Morgan fingerprint density at radius 2 is 1.85 bits per heavy atom. The molecule has 1 aromatic rings. The lowest BCUT2D eigenvalue weighted by molar-refractivity contribution is -0.139. The Labute approximate surface area is 170 Å². The molecule has 0 radical (unpaired) electrons. The molecule has 0 saturated heterocycles. The molecule has 0 aromatic heterocycles. The van der Waals surface area contributed by atoms with E-state index in [9.17, 15) is 9.59 Å². The van der Waals surface area contributed by atoms with Gasteiger partial charge in [-0.15, -0.1) is 0 Å². The van der Waals surface area contributed by atoms with Crippen molar-refractivity contribution in [3.05, 3.63) is 37.9 Å². The third kappa shape index (κ3) is 4.59.